The largest absolute Gasteiger partial charge is 0.342 e. The molecule has 5 nitrogen and oxygen atoms in total. The average molecular weight is 348 g/mol. The van der Waals surface area contributed by atoms with E-state index >= 15 is 0 Å². The van der Waals surface area contributed by atoms with Gasteiger partial charge < -0.3 is 15.2 Å². The highest BCUT2D eigenvalue weighted by molar-refractivity contribution is 5.78. The van der Waals surface area contributed by atoms with Crippen LogP contribution >= 0.6 is 0 Å². The fourth-order valence-electron chi connectivity index (χ4n) is 3.95. The number of nitrogens with zero attached hydrogens (tertiary/aromatic N) is 3. The minimum absolute atomic E-state index is 0.194. The lowest BCUT2D eigenvalue weighted by Crippen LogP contribution is -2.30. The van der Waals surface area contributed by atoms with Crippen LogP contribution in [0.4, 0.5) is 0 Å². The van der Waals surface area contributed by atoms with Crippen molar-refractivity contribution in [2.75, 3.05) is 19.6 Å². The van der Waals surface area contributed by atoms with E-state index in [0.717, 1.165) is 24.1 Å². The molecule has 1 fully saturated rings. The Morgan fingerprint density at radius 2 is 1.85 bits per heavy atom. The van der Waals surface area contributed by atoms with Gasteiger partial charge in [0.05, 0.1) is 17.4 Å². The van der Waals surface area contributed by atoms with Crippen molar-refractivity contribution < 1.29 is 4.79 Å². The Morgan fingerprint density at radius 1 is 1.08 bits per heavy atom. The summed E-state index contributed by atoms with van der Waals surface area (Å²) in [6.45, 7) is 2.77. The van der Waals surface area contributed by atoms with Crippen molar-refractivity contribution in [3.8, 4) is 0 Å². The van der Waals surface area contributed by atoms with Gasteiger partial charge in [-0.2, -0.15) is 0 Å². The van der Waals surface area contributed by atoms with Crippen LogP contribution < -0.4 is 5.73 Å². The van der Waals surface area contributed by atoms with Gasteiger partial charge in [-0.1, -0.05) is 42.5 Å². The number of imidazole rings is 1. The Balaban J connectivity index is 1.42. The van der Waals surface area contributed by atoms with Crippen LogP contribution in [0.1, 0.15) is 17.9 Å². The molecule has 26 heavy (non-hydrogen) atoms. The van der Waals surface area contributed by atoms with E-state index < -0.39 is 0 Å². The Morgan fingerprint density at radius 3 is 2.65 bits per heavy atom. The van der Waals surface area contributed by atoms with Crippen molar-refractivity contribution in [2.24, 2.45) is 11.7 Å². The van der Waals surface area contributed by atoms with E-state index in [0.29, 0.717) is 31.3 Å². The van der Waals surface area contributed by atoms with Crippen molar-refractivity contribution >= 4 is 16.9 Å². The maximum atomic E-state index is 12.8. The van der Waals surface area contributed by atoms with Crippen LogP contribution in [-0.2, 0) is 11.3 Å². The molecule has 1 saturated heterocycles. The van der Waals surface area contributed by atoms with E-state index in [1.54, 1.807) is 0 Å². The summed E-state index contributed by atoms with van der Waals surface area (Å²) in [5.74, 6) is 0.856. The molecular weight excluding hydrogens is 324 g/mol. The smallest absolute Gasteiger partial charge is 0.224 e. The summed E-state index contributed by atoms with van der Waals surface area (Å²) in [4.78, 5) is 19.1. The van der Waals surface area contributed by atoms with Gasteiger partial charge >= 0.3 is 0 Å². The van der Waals surface area contributed by atoms with Crippen LogP contribution in [0.3, 0.4) is 0 Å². The van der Waals surface area contributed by atoms with Gasteiger partial charge in [0.1, 0.15) is 0 Å². The predicted molar refractivity (Wildman–Crippen MR) is 103 cm³/mol. The summed E-state index contributed by atoms with van der Waals surface area (Å²) >= 11 is 0. The second-order valence-corrected chi connectivity index (χ2v) is 6.99. The molecule has 2 atom stereocenters. The SMILES string of the molecule is NC[C@@H]1CN(C(=O)CCn2cnc3ccccc32)C[C@H]1c1ccccc1. The van der Waals surface area contributed by atoms with Gasteiger partial charge in [0.15, 0.2) is 0 Å². The molecule has 5 heteroatoms. The highest BCUT2D eigenvalue weighted by Crippen LogP contribution is 2.32. The Hall–Kier alpha value is -2.66. The molecule has 2 N–H and O–H groups in total. The number of aromatic nitrogens is 2. The second-order valence-electron chi connectivity index (χ2n) is 6.99. The van der Waals surface area contributed by atoms with E-state index in [2.05, 4.69) is 33.8 Å². The molecule has 4 rings (SSSR count). The highest BCUT2D eigenvalue weighted by Gasteiger charge is 2.34. The number of nitrogens with two attached hydrogens (primary N) is 1. The normalized spacial score (nSPS) is 20.0. The van der Waals surface area contributed by atoms with Crippen molar-refractivity contribution in [3.63, 3.8) is 0 Å². The van der Waals surface area contributed by atoms with Gasteiger partial charge in [-0.15, -0.1) is 0 Å². The summed E-state index contributed by atoms with van der Waals surface area (Å²) in [6.07, 6.45) is 2.30. The fourth-order valence-corrected chi connectivity index (χ4v) is 3.95. The van der Waals surface area contributed by atoms with Crippen molar-refractivity contribution in [3.05, 3.63) is 66.5 Å². The number of carbonyl (C=O) groups is 1. The van der Waals surface area contributed by atoms with E-state index in [9.17, 15) is 4.79 Å². The van der Waals surface area contributed by atoms with E-state index in [-0.39, 0.29) is 5.91 Å². The first-order valence-electron chi connectivity index (χ1n) is 9.19. The third kappa shape index (κ3) is 3.22. The Labute approximate surface area is 153 Å². The minimum atomic E-state index is 0.194. The zero-order valence-corrected chi connectivity index (χ0v) is 14.8. The maximum absolute atomic E-state index is 12.8. The van der Waals surface area contributed by atoms with Crippen molar-refractivity contribution in [2.45, 2.75) is 18.9 Å². The number of rotatable bonds is 5. The number of hydrogen-bond acceptors (Lipinski definition) is 3. The van der Waals surface area contributed by atoms with Gasteiger partial charge in [-0.25, -0.2) is 4.98 Å². The van der Waals surface area contributed by atoms with Gasteiger partial charge in [-0.05, 0) is 30.2 Å². The lowest BCUT2D eigenvalue weighted by Gasteiger charge is -2.17. The molecule has 1 aliphatic rings. The number of fused-ring (bicyclic) bond motifs is 1. The van der Waals surface area contributed by atoms with Crippen LogP contribution in [-0.4, -0.2) is 40.0 Å². The zero-order valence-electron chi connectivity index (χ0n) is 14.8. The molecule has 2 aromatic carbocycles. The van der Waals surface area contributed by atoms with Crippen molar-refractivity contribution in [1.82, 2.24) is 14.5 Å². The van der Waals surface area contributed by atoms with E-state index in [1.165, 1.54) is 5.56 Å². The number of hydrogen-bond donors (Lipinski definition) is 1. The summed E-state index contributed by atoms with van der Waals surface area (Å²) in [7, 11) is 0. The molecule has 3 aromatic rings. The number of para-hydroxylation sites is 2. The first-order valence-corrected chi connectivity index (χ1v) is 9.19. The Kier molecular flexibility index (Phi) is 4.71. The quantitative estimate of drug-likeness (QED) is 0.771. The molecule has 1 aliphatic heterocycles. The van der Waals surface area contributed by atoms with E-state index in [1.807, 2.05) is 41.6 Å². The van der Waals surface area contributed by atoms with Gasteiger partial charge in [-0.3, -0.25) is 4.79 Å². The van der Waals surface area contributed by atoms with Gasteiger partial charge in [0, 0.05) is 32.0 Å². The average Bonchev–Trinajstić information content (AvgIpc) is 3.31. The summed E-state index contributed by atoms with van der Waals surface area (Å²) in [5, 5.41) is 0. The minimum Gasteiger partial charge on any atom is -0.342 e. The third-order valence-corrected chi connectivity index (χ3v) is 5.42. The molecule has 0 spiro atoms. The predicted octanol–water partition coefficient (Wildman–Crippen LogP) is 2.63. The van der Waals surface area contributed by atoms with Crippen LogP contribution in [0.2, 0.25) is 0 Å². The lowest BCUT2D eigenvalue weighted by atomic mass is 9.89. The fraction of sp³-hybridized carbons (Fsp3) is 0.333. The second kappa shape index (κ2) is 7.30. The molecule has 1 amide bonds. The molecule has 0 bridgehead atoms. The first-order chi connectivity index (χ1) is 12.8. The van der Waals surface area contributed by atoms with Crippen LogP contribution in [0.5, 0.6) is 0 Å². The number of aryl methyl sites for hydroxylation is 1. The van der Waals surface area contributed by atoms with Crippen molar-refractivity contribution in [1.29, 1.82) is 0 Å². The molecular formula is C21H24N4O. The molecule has 2 heterocycles. The number of benzene rings is 2. The number of amides is 1. The first kappa shape index (κ1) is 16.8. The van der Waals surface area contributed by atoms with E-state index in [4.69, 9.17) is 5.73 Å². The maximum Gasteiger partial charge on any atom is 0.224 e. The lowest BCUT2D eigenvalue weighted by molar-refractivity contribution is -0.130. The highest BCUT2D eigenvalue weighted by atomic mass is 16.2. The molecule has 1 aromatic heterocycles. The topological polar surface area (TPSA) is 64.2 Å². The molecule has 0 unspecified atom stereocenters. The molecule has 134 valence electrons. The van der Waals surface area contributed by atoms with Crippen LogP contribution in [0, 0.1) is 5.92 Å². The van der Waals surface area contributed by atoms with Crippen LogP contribution in [0.25, 0.3) is 11.0 Å². The molecule has 0 saturated carbocycles. The van der Waals surface area contributed by atoms with Crippen LogP contribution in [0.15, 0.2) is 60.9 Å². The third-order valence-electron chi connectivity index (χ3n) is 5.42. The zero-order chi connectivity index (χ0) is 17.9. The summed E-state index contributed by atoms with van der Waals surface area (Å²) in [6, 6.07) is 18.4. The summed E-state index contributed by atoms with van der Waals surface area (Å²) in [5.41, 5.74) is 9.30. The monoisotopic (exact) mass is 348 g/mol. The molecule has 0 radical (unpaired) electrons. The van der Waals surface area contributed by atoms with Gasteiger partial charge in [0.25, 0.3) is 0 Å². The standard InChI is InChI=1S/C21H24N4O/c22-12-17-13-25(14-18(17)16-6-2-1-3-7-16)21(26)10-11-24-15-23-19-8-4-5-9-20(19)24/h1-9,15,17-18H,10-14,22H2/t17-,18+/m1/s1. The molecule has 0 aliphatic carbocycles. The number of carbonyl (C=O) groups excluding carboxylic acids is 1. The summed E-state index contributed by atoms with van der Waals surface area (Å²) < 4.78 is 2.05. The Bertz CT molecular complexity index is 889. The van der Waals surface area contributed by atoms with Gasteiger partial charge in [0.2, 0.25) is 5.91 Å². The number of likely N-dealkylation sites (tertiary alicyclic amines) is 1.